The van der Waals surface area contributed by atoms with Crippen LogP contribution in [0.4, 0.5) is 0 Å². The molecule has 0 spiro atoms. The number of nitrogens with zero attached hydrogens (tertiary/aromatic N) is 4. The predicted octanol–water partition coefficient (Wildman–Crippen LogP) is 4.57. The van der Waals surface area contributed by atoms with Crippen molar-refractivity contribution in [2.75, 3.05) is 6.54 Å². The summed E-state index contributed by atoms with van der Waals surface area (Å²) in [6, 6.07) is 8.47. The van der Waals surface area contributed by atoms with E-state index in [-0.39, 0.29) is 12.1 Å². The van der Waals surface area contributed by atoms with E-state index in [1.165, 1.54) is 17.0 Å². The molecule has 1 aliphatic rings. The Morgan fingerprint density at radius 2 is 2.04 bits per heavy atom. The van der Waals surface area contributed by atoms with Crippen molar-refractivity contribution in [1.29, 1.82) is 0 Å². The number of thiazole rings is 1. The lowest BCUT2D eigenvalue weighted by molar-refractivity contribution is 0.287. The lowest BCUT2D eigenvalue weighted by Crippen LogP contribution is -2.33. The highest BCUT2D eigenvalue weighted by Crippen LogP contribution is 2.41. The summed E-state index contributed by atoms with van der Waals surface area (Å²) in [5, 5.41) is 7.35. The first-order valence-electron chi connectivity index (χ1n) is 9.54. The minimum absolute atomic E-state index is 0.0256. The Balaban J connectivity index is 1.83. The first-order valence-corrected chi connectivity index (χ1v) is 10.8. The monoisotopic (exact) mass is 411 g/mol. The number of aromatic nitrogens is 3. The average molecular weight is 412 g/mol. The maximum absolute atomic E-state index is 5.75. The third-order valence-electron chi connectivity index (χ3n) is 5.16. The molecule has 0 radical (unpaired) electrons. The van der Waals surface area contributed by atoms with Crippen LogP contribution >= 0.6 is 23.6 Å². The van der Waals surface area contributed by atoms with E-state index < -0.39 is 0 Å². The van der Waals surface area contributed by atoms with E-state index in [1.807, 2.05) is 29.9 Å². The third kappa shape index (κ3) is 3.33. The fourth-order valence-electron chi connectivity index (χ4n) is 4.04. The zero-order valence-electron chi connectivity index (χ0n) is 16.6. The number of thiocarbonyl (C=S) groups is 1. The minimum atomic E-state index is 0.0256. The van der Waals surface area contributed by atoms with Crippen molar-refractivity contribution in [2.24, 2.45) is 5.92 Å². The second-order valence-corrected chi connectivity index (χ2v) is 8.91. The van der Waals surface area contributed by atoms with Crippen LogP contribution in [-0.2, 0) is 0 Å². The zero-order valence-corrected chi connectivity index (χ0v) is 18.2. The molecule has 2 atom stereocenters. The molecule has 1 N–H and O–H groups in total. The summed E-state index contributed by atoms with van der Waals surface area (Å²) < 4.78 is 2.24. The van der Waals surface area contributed by atoms with Crippen LogP contribution in [0.3, 0.4) is 0 Å². The van der Waals surface area contributed by atoms with Crippen LogP contribution in [0.25, 0.3) is 5.13 Å². The normalized spacial score (nSPS) is 19.5. The molecule has 4 rings (SSSR count). The fraction of sp³-hybridized carbons (Fsp3) is 0.381. The van der Waals surface area contributed by atoms with Gasteiger partial charge in [-0.25, -0.2) is 4.98 Å². The van der Waals surface area contributed by atoms with Crippen molar-refractivity contribution in [3.8, 4) is 5.13 Å². The summed E-state index contributed by atoms with van der Waals surface area (Å²) in [5.74, 6) is 0.507. The summed E-state index contributed by atoms with van der Waals surface area (Å²) >= 11 is 7.40. The van der Waals surface area contributed by atoms with Gasteiger partial charge in [0.25, 0.3) is 0 Å². The van der Waals surface area contributed by atoms with Gasteiger partial charge in [-0.15, -0.1) is 11.3 Å². The molecule has 0 amide bonds. The van der Waals surface area contributed by atoms with Crippen molar-refractivity contribution in [2.45, 2.75) is 39.8 Å². The molecule has 0 aromatic carbocycles. The van der Waals surface area contributed by atoms with Crippen LogP contribution in [0.1, 0.15) is 48.6 Å². The lowest BCUT2D eigenvalue weighted by Gasteiger charge is -2.29. The summed E-state index contributed by atoms with van der Waals surface area (Å²) in [6.07, 6.45) is 3.70. The molecule has 3 aromatic heterocycles. The molecule has 7 heteroatoms. The maximum atomic E-state index is 5.75. The molecule has 1 fully saturated rings. The van der Waals surface area contributed by atoms with Gasteiger partial charge in [0.1, 0.15) is 0 Å². The predicted molar refractivity (Wildman–Crippen MR) is 118 cm³/mol. The Morgan fingerprint density at radius 3 is 2.68 bits per heavy atom. The minimum Gasteiger partial charge on any atom is -0.352 e. The molecule has 28 heavy (non-hydrogen) atoms. The fourth-order valence-corrected chi connectivity index (χ4v) is 5.11. The maximum Gasteiger partial charge on any atom is 0.193 e. The molecule has 4 heterocycles. The largest absolute Gasteiger partial charge is 0.352 e. The first-order chi connectivity index (χ1) is 13.5. The highest BCUT2D eigenvalue weighted by molar-refractivity contribution is 7.80. The Labute approximate surface area is 175 Å². The van der Waals surface area contributed by atoms with Gasteiger partial charge < -0.3 is 10.2 Å². The molecule has 5 nitrogen and oxygen atoms in total. The number of hydrogen-bond donors (Lipinski definition) is 1. The number of nitrogens with one attached hydrogen (secondary N) is 1. The van der Waals surface area contributed by atoms with Gasteiger partial charge in [0, 0.05) is 35.7 Å². The zero-order chi connectivity index (χ0) is 19.8. The Bertz CT molecular complexity index is 962. The average Bonchev–Trinajstić information content (AvgIpc) is 3.35. The van der Waals surface area contributed by atoms with Gasteiger partial charge in [0.05, 0.1) is 17.8 Å². The second-order valence-electron chi connectivity index (χ2n) is 7.65. The highest BCUT2D eigenvalue weighted by Gasteiger charge is 2.41. The molecule has 1 aliphatic heterocycles. The van der Waals surface area contributed by atoms with Gasteiger partial charge >= 0.3 is 0 Å². The summed E-state index contributed by atoms with van der Waals surface area (Å²) in [4.78, 5) is 11.5. The van der Waals surface area contributed by atoms with E-state index in [4.69, 9.17) is 12.2 Å². The van der Waals surface area contributed by atoms with Crippen LogP contribution < -0.4 is 5.32 Å². The quantitative estimate of drug-likeness (QED) is 0.623. The molecule has 1 saturated heterocycles. The van der Waals surface area contributed by atoms with E-state index in [9.17, 15) is 0 Å². The number of pyridine rings is 1. The van der Waals surface area contributed by atoms with E-state index in [0.717, 1.165) is 22.5 Å². The van der Waals surface area contributed by atoms with Gasteiger partial charge in [-0.05, 0) is 55.7 Å². The summed E-state index contributed by atoms with van der Waals surface area (Å²) in [7, 11) is 0. The molecular formula is C21H25N5S2. The van der Waals surface area contributed by atoms with E-state index in [2.05, 4.69) is 64.6 Å². The van der Waals surface area contributed by atoms with E-state index in [0.29, 0.717) is 5.92 Å². The standard InChI is InChI=1S/C21H25N5S2/c1-13(2)12-25-19(18(24-20(25)27)17-7-5-6-8-22-17)16-11-14(3)26(15(16)4)21-23-9-10-28-21/h5-11,13,18-19H,12H2,1-4H3,(H,24,27)/t18-,19+/m0/s1. The lowest BCUT2D eigenvalue weighted by atomic mass is 9.96. The van der Waals surface area contributed by atoms with Crippen molar-refractivity contribution >= 4 is 28.7 Å². The van der Waals surface area contributed by atoms with E-state index >= 15 is 0 Å². The second kappa shape index (κ2) is 7.64. The first kappa shape index (κ1) is 19.1. The van der Waals surface area contributed by atoms with Crippen LogP contribution in [0.2, 0.25) is 0 Å². The molecule has 0 unspecified atom stereocenters. The topological polar surface area (TPSA) is 46.0 Å². The Kier molecular flexibility index (Phi) is 5.21. The van der Waals surface area contributed by atoms with Crippen molar-refractivity contribution in [3.63, 3.8) is 0 Å². The summed E-state index contributed by atoms with van der Waals surface area (Å²) in [5.41, 5.74) is 4.68. The molecule has 0 bridgehead atoms. The van der Waals surface area contributed by atoms with Crippen molar-refractivity contribution in [1.82, 2.24) is 24.8 Å². The van der Waals surface area contributed by atoms with Gasteiger partial charge in [-0.1, -0.05) is 19.9 Å². The SMILES string of the molecule is Cc1cc([C@@H]2[C@H](c3ccccn3)NC(=S)N2CC(C)C)c(C)n1-c1nccs1. The van der Waals surface area contributed by atoms with Gasteiger partial charge in [0.2, 0.25) is 0 Å². The highest BCUT2D eigenvalue weighted by atomic mass is 32.1. The number of aryl methyl sites for hydroxylation is 1. The van der Waals surface area contributed by atoms with Crippen molar-refractivity contribution in [3.05, 3.63) is 64.7 Å². The van der Waals surface area contributed by atoms with Crippen LogP contribution in [0, 0.1) is 19.8 Å². The smallest absolute Gasteiger partial charge is 0.193 e. The number of rotatable bonds is 5. The molecular weight excluding hydrogens is 386 g/mol. The van der Waals surface area contributed by atoms with Gasteiger partial charge in [0.15, 0.2) is 10.2 Å². The van der Waals surface area contributed by atoms with Crippen LogP contribution in [0.15, 0.2) is 42.0 Å². The summed E-state index contributed by atoms with van der Waals surface area (Å²) in [6.45, 7) is 9.68. The van der Waals surface area contributed by atoms with E-state index in [1.54, 1.807) is 11.3 Å². The van der Waals surface area contributed by atoms with Crippen LogP contribution in [-0.4, -0.2) is 31.1 Å². The van der Waals surface area contributed by atoms with Gasteiger partial charge in [-0.3, -0.25) is 9.55 Å². The van der Waals surface area contributed by atoms with Crippen molar-refractivity contribution < 1.29 is 0 Å². The molecule has 0 saturated carbocycles. The van der Waals surface area contributed by atoms with Gasteiger partial charge in [-0.2, -0.15) is 0 Å². The van der Waals surface area contributed by atoms with Crippen LogP contribution in [0.5, 0.6) is 0 Å². The molecule has 0 aliphatic carbocycles. The number of hydrogen-bond acceptors (Lipinski definition) is 4. The molecule has 146 valence electrons. The Hall–Kier alpha value is -2.25. The molecule has 3 aromatic rings. The third-order valence-corrected chi connectivity index (χ3v) is 6.27. The Morgan fingerprint density at radius 1 is 1.21 bits per heavy atom.